The lowest BCUT2D eigenvalue weighted by Crippen LogP contribution is -2.56. The first-order valence-corrected chi connectivity index (χ1v) is 6.84. The maximum absolute atomic E-state index is 12.3. The van der Waals surface area contributed by atoms with Crippen LogP contribution in [0.1, 0.15) is 55.1 Å². The van der Waals surface area contributed by atoms with Crippen molar-refractivity contribution < 1.29 is 9.90 Å². The molecule has 0 atom stereocenters. The molecule has 2 fully saturated rings. The van der Waals surface area contributed by atoms with Gasteiger partial charge in [-0.2, -0.15) is 0 Å². The number of nitrogens with zero attached hydrogens (tertiary/aromatic N) is 1. The largest absolute Gasteiger partial charge is 0.394 e. The zero-order valence-electron chi connectivity index (χ0n) is 10.6. The SMILES string of the molecule is O=C(NC1(CO)CCC1)c1cccn1C1CCC1. The average Bonchev–Trinajstić information content (AvgIpc) is 2.69. The van der Waals surface area contributed by atoms with E-state index in [2.05, 4.69) is 9.88 Å². The third-order valence-corrected chi connectivity index (χ3v) is 4.47. The van der Waals surface area contributed by atoms with Crippen LogP contribution in [0.5, 0.6) is 0 Å². The minimum atomic E-state index is -0.355. The smallest absolute Gasteiger partial charge is 0.268 e. The normalized spacial score (nSPS) is 22.1. The Hall–Kier alpha value is -1.29. The molecule has 1 heterocycles. The summed E-state index contributed by atoms with van der Waals surface area (Å²) in [5.41, 5.74) is 0.380. The molecule has 2 aliphatic carbocycles. The Morgan fingerprint density at radius 3 is 2.72 bits per heavy atom. The third-order valence-electron chi connectivity index (χ3n) is 4.47. The summed E-state index contributed by atoms with van der Waals surface area (Å²) >= 11 is 0. The molecule has 18 heavy (non-hydrogen) atoms. The van der Waals surface area contributed by atoms with Crippen molar-refractivity contribution in [3.63, 3.8) is 0 Å². The van der Waals surface area contributed by atoms with Crippen molar-refractivity contribution in [1.29, 1.82) is 0 Å². The highest BCUT2D eigenvalue weighted by molar-refractivity contribution is 5.93. The summed E-state index contributed by atoms with van der Waals surface area (Å²) in [6.45, 7) is 0.0445. The monoisotopic (exact) mass is 248 g/mol. The quantitative estimate of drug-likeness (QED) is 0.854. The van der Waals surface area contributed by atoms with Gasteiger partial charge in [-0.25, -0.2) is 0 Å². The van der Waals surface area contributed by atoms with Crippen LogP contribution in [-0.4, -0.2) is 27.7 Å². The molecule has 0 spiro atoms. The first-order chi connectivity index (χ1) is 8.74. The van der Waals surface area contributed by atoms with Gasteiger partial charge in [-0.15, -0.1) is 0 Å². The fourth-order valence-electron chi connectivity index (χ4n) is 2.80. The molecule has 2 saturated carbocycles. The molecule has 0 aliphatic heterocycles. The summed E-state index contributed by atoms with van der Waals surface area (Å²) in [6, 6.07) is 4.30. The lowest BCUT2D eigenvalue weighted by Gasteiger charge is -2.41. The first kappa shape index (κ1) is 11.8. The molecule has 0 saturated heterocycles. The highest BCUT2D eigenvalue weighted by Crippen LogP contribution is 2.34. The van der Waals surface area contributed by atoms with Crippen molar-refractivity contribution >= 4 is 5.91 Å². The van der Waals surface area contributed by atoms with Gasteiger partial charge in [-0.1, -0.05) is 0 Å². The van der Waals surface area contributed by atoms with Gasteiger partial charge in [-0.3, -0.25) is 4.79 Å². The molecule has 0 radical (unpaired) electrons. The van der Waals surface area contributed by atoms with E-state index in [1.165, 1.54) is 19.3 Å². The Morgan fingerprint density at radius 1 is 1.44 bits per heavy atom. The van der Waals surface area contributed by atoms with E-state index in [1.54, 1.807) is 0 Å². The average molecular weight is 248 g/mol. The van der Waals surface area contributed by atoms with Crippen LogP contribution in [-0.2, 0) is 0 Å². The molecular weight excluding hydrogens is 228 g/mol. The van der Waals surface area contributed by atoms with Crippen LogP contribution in [0.2, 0.25) is 0 Å². The number of amides is 1. The van der Waals surface area contributed by atoms with Gasteiger partial charge in [-0.05, 0) is 50.7 Å². The zero-order chi connectivity index (χ0) is 12.6. The second-order valence-corrected chi connectivity index (χ2v) is 5.63. The van der Waals surface area contributed by atoms with Crippen LogP contribution in [0.3, 0.4) is 0 Å². The minimum Gasteiger partial charge on any atom is -0.394 e. The molecule has 0 unspecified atom stereocenters. The van der Waals surface area contributed by atoms with Crippen molar-refractivity contribution in [2.75, 3.05) is 6.61 Å². The highest BCUT2D eigenvalue weighted by Gasteiger charge is 2.38. The fourth-order valence-corrected chi connectivity index (χ4v) is 2.80. The number of carbonyl (C=O) groups is 1. The third kappa shape index (κ3) is 1.85. The van der Waals surface area contributed by atoms with Crippen molar-refractivity contribution in [3.8, 4) is 0 Å². The fraction of sp³-hybridized carbons (Fsp3) is 0.643. The molecule has 4 heteroatoms. The van der Waals surface area contributed by atoms with Crippen molar-refractivity contribution in [2.45, 2.75) is 50.1 Å². The Morgan fingerprint density at radius 2 is 2.22 bits per heavy atom. The number of aromatic nitrogens is 1. The highest BCUT2D eigenvalue weighted by atomic mass is 16.3. The van der Waals surface area contributed by atoms with Crippen LogP contribution >= 0.6 is 0 Å². The Labute approximate surface area is 107 Å². The van der Waals surface area contributed by atoms with Crippen LogP contribution in [0.4, 0.5) is 0 Å². The summed E-state index contributed by atoms with van der Waals surface area (Å²) in [7, 11) is 0. The van der Waals surface area contributed by atoms with E-state index in [4.69, 9.17) is 0 Å². The second kappa shape index (κ2) is 4.43. The zero-order valence-corrected chi connectivity index (χ0v) is 10.6. The van der Waals surface area contributed by atoms with E-state index in [0.29, 0.717) is 6.04 Å². The lowest BCUT2D eigenvalue weighted by molar-refractivity contribution is 0.0630. The number of aliphatic hydroxyl groups excluding tert-OH is 1. The van der Waals surface area contributed by atoms with Gasteiger partial charge < -0.3 is 15.0 Å². The van der Waals surface area contributed by atoms with Gasteiger partial charge in [0.25, 0.3) is 5.91 Å². The summed E-state index contributed by atoms with van der Waals surface area (Å²) in [6.07, 6.45) is 8.44. The number of hydrogen-bond acceptors (Lipinski definition) is 2. The Kier molecular flexibility index (Phi) is 2.90. The lowest BCUT2D eigenvalue weighted by atomic mass is 9.77. The predicted molar refractivity (Wildman–Crippen MR) is 68.5 cm³/mol. The van der Waals surface area contributed by atoms with Gasteiger partial charge in [0.1, 0.15) is 5.69 Å². The van der Waals surface area contributed by atoms with Crippen LogP contribution < -0.4 is 5.32 Å². The molecule has 98 valence electrons. The minimum absolute atomic E-state index is 0.0411. The molecule has 2 aliphatic rings. The molecule has 1 amide bonds. The van der Waals surface area contributed by atoms with Crippen LogP contribution in [0, 0.1) is 0 Å². The number of carbonyl (C=O) groups excluding carboxylic acids is 1. The summed E-state index contributed by atoms with van der Waals surface area (Å²) in [4.78, 5) is 12.3. The Bertz CT molecular complexity index is 439. The molecule has 0 bridgehead atoms. The second-order valence-electron chi connectivity index (χ2n) is 5.63. The van der Waals surface area contributed by atoms with E-state index in [1.807, 2.05) is 18.3 Å². The molecule has 0 aromatic carbocycles. The van der Waals surface area contributed by atoms with E-state index >= 15 is 0 Å². The van der Waals surface area contributed by atoms with Crippen LogP contribution in [0.15, 0.2) is 18.3 Å². The molecule has 3 rings (SSSR count). The molecule has 2 N–H and O–H groups in total. The van der Waals surface area contributed by atoms with Crippen molar-refractivity contribution in [2.24, 2.45) is 0 Å². The molecule has 4 nitrogen and oxygen atoms in total. The van der Waals surface area contributed by atoms with Gasteiger partial charge in [0, 0.05) is 12.2 Å². The summed E-state index contributed by atoms with van der Waals surface area (Å²) in [5.74, 6) is -0.0411. The van der Waals surface area contributed by atoms with E-state index < -0.39 is 0 Å². The number of nitrogens with one attached hydrogen (secondary N) is 1. The maximum Gasteiger partial charge on any atom is 0.268 e. The number of rotatable bonds is 4. The van der Waals surface area contributed by atoms with Gasteiger partial charge in [0.15, 0.2) is 0 Å². The molecule has 1 aromatic rings. The maximum atomic E-state index is 12.3. The van der Waals surface area contributed by atoms with Crippen molar-refractivity contribution in [3.05, 3.63) is 24.0 Å². The summed E-state index contributed by atoms with van der Waals surface area (Å²) in [5, 5.41) is 12.4. The van der Waals surface area contributed by atoms with E-state index in [9.17, 15) is 9.90 Å². The standard InChI is InChI=1S/C14H20N2O2/c17-10-14(7-3-8-14)15-13(18)12-6-2-9-16(12)11-4-1-5-11/h2,6,9,11,17H,1,3-5,7-8,10H2,(H,15,18). The van der Waals surface area contributed by atoms with Crippen LogP contribution in [0.25, 0.3) is 0 Å². The van der Waals surface area contributed by atoms with Gasteiger partial charge >= 0.3 is 0 Å². The summed E-state index contributed by atoms with van der Waals surface area (Å²) < 4.78 is 2.09. The molecule has 1 aromatic heterocycles. The van der Waals surface area contributed by atoms with Crippen molar-refractivity contribution in [1.82, 2.24) is 9.88 Å². The number of aliphatic hydroxyl groups is 1. The van der Waals surface area contributed by atoms with Gasteiger partial charge in [0.05, 0.1) is 12.1 Å². The number of hydrogen-bond donors (Lipinski definition) is 2. The topological polar surface area (TPSA) is 54.3 Å². The van der Waals surface area contributed by atoms with E-state index in [-0.39, 0.29) is 18.1 Å². The van der Waals surface area contributed by atoms with Gasteiger partial charge in [0.2, 0.25) is 0 Å². The predicted octanol–water partition coefficient (Wildman–Crippen LogP) is 1.86. The van der Waals surface area contributed by atoms with E-state index in [0.717, 1.165) is 25.0 Å². The molecular formula is C14H20N2O2. The Balaban J connectivity index is 1.74. The first-order valence-electron chi connectivity index (χ1n) is 6.84.